The molecule has 2 N–H and O–H groups in total. The van der Waals surface area contributed by atoms with E-state index in [1.807, 2.05) is 13.8 Å². The van der Waals surface area contributed by atoms with Gasteiger partial charge in [0.05, 0.1) is 0 Å². The molecule has 0 aromatic carbocycles. The number of ether oxygens (including phenoxy) is 1. The Kier molecular flexibility index (Phi) is 6.02. The summed E-state index contributed by atoms with van der Waals surface area (Å²) in [7, 11) is 0. The van der Waals surface area contributed by atoms with Crippen LogP contribution in [0.1, 0.15) is 64.6 Å². The van der Waals surface area contributed by atoms with E-state index in [0.717, 1.165) is 32.1 Å². The lowest BCUT2D eigenvalue weighted by Gasteiger charge is -2.29. The molecule has 0 unspecified atom stereocenters. The van der Waals surface area contributed by atoms with Gasteiger partial charge < -0.3 is 14.4 Å². The first kappa shape index (κ1) is 20.3. The summed E-state index contributed by atoms with van der Waals surface area (Å²) in [5.41, 5.74) is -1.85. The lowest BCUT2D eigenvalue weighted by Crippen LogP contribution is -2.41. The first-order chi connectivity index (χ1) is 13.4. The maximum Gasteiger partial charge on any atom is 0.338 e. The van der Waals surface area contributed by atoms with Crippen molar-refractivity contribution in [2.24, 2.45) is 0 Å². The van der Waals surface area contributed by atoms with Crippen LogP contribution in [0.5, 0.6) is 0 Å². The van der Waals surface area contributed by atoms with Crippen molar-refractivity contribution in [1.29, 1.82) is 0 Å². The molecule has 0 spiro atoms. The molecule has 2 aromatic heterocycles. The Bertz CT molecular complexity index is 965. The zero-order valence-corrected chi connectivity index (χ0v) is 16.5. The number of H-pyrrole nitrogens is 1. The maximum atomic E-state index is 12.4. The molecule has 2 heterocycles. The molecular weight excluding hydrogens is 364 g/mol. The van der Waals surface area contributed by atoms with Gasteiger partial charge in [0.2, 0.25) is 0 Å². The molecule has 0 radical (unpaired) electrons. The number of nitrogens with one attached hydrogen (secondary N) is 1. The molecule has 3 rings (SSSR count). The minimum atomic E-state index is -1.44. The summed E-state index contributed by atoms with van der Waals surface area (Å²) in [5, 5.41) is 10.5. The summed E-state index contributed by atoms with van der Waals surface area (Å²) in [6.45, 7) is 4.58. The third-order valence-corrected chi connectivity index (χ3v) is 5.41. The van der Waals surface area contributed by atoms with E-state index in [4.69, 9.17) is 4.74 Å². The number of aliphatic hydroxyl groups is 1. The fourth-order valence-electron chi connectivity index (χ4n) is 3.80. The van der Waals surface area contributed by atoms with E-state index in [2.05, 4.69) is 9.97 Å². The lowest BCUT2D eigenvalue weighted by molar-refractivity contribution is -0.170. The minimum Gasteiger partial charge on any atom is -0.455 e. The van der Waals surface area contributed by atoms with Crippen LogP contribution >= 0.6 is 0 Å². The molecule has 0 atom stereocenters. The summed E-state index contributed by atoms with van der Waals surface area (Å²) < 4.78 is 8.46. The normalized spacial score (nSPS) is 16.4. The molecule has 0 aliphatic heterocycles. The largest absolute Gasteiger partial charge is 0.455 e. The molecule has 1 aliphatic rings. The molecule has 2 aromatic rings. The lowest BCUT2D eigenvalue weighted by atomic mass is 9.85. The summed E-state index contributed by atoms with van der Waals surface area (Å²) in [5.74, 6) is -0.272. The number of carbonyl (C=O) groups is 1. The van der Waals surface area contributed by atoms with Crippen molar-refractivity contribution < 1.29 is 14.6 Å². The molecule has 0 amide bonds. The zero-order valence-electron chi connectivity index (χ0n) is 16.5. The molecular formula is C19H28N4O5. The number of nitrogens with zero attached hydrogens (tertiary/aromatic N) is 3. The van der Waals surface area contributed by atoms with E-state index in [0.29, 0.717) is 42.9 Å². The summed E-state index contributed by atoms with van der Waals surface area (Å²) >= 11 is 0. The van der Waals surface area contributed by atoms with Crippen LogP contribution in [-0.4, -0.2) is 35.8 Å². The average molecular weight is 392 g/mol. The van der Waals surface area contributed by atoms with Gasteiger partial charge in [-0.15, -0.1) is 0 Å². The molecule has 28 heavy (non-hydrogen) atoms. The molecule has 154 valence electrons. The zero-order chi connectivity index (χ0) is 20.3. The van der Waals surface area contributed by atoms with Crippen molar-refractivity contribution in [2.75, 3.05) is 0 Å². The van der Waals surface area contributed by atoms with Gasteiger partial charge >= 0.3 is 11.7 Å². The Hall–Kier alpha value is -2.42. The Morgan fingerprint density at radius 2 is 1.93 bits per heavy atom. The van der Waals surface area contributed by atoms with Crippen molar-refractivity contribution in [1.82, 2.24) is 19.1 Å². The topological polar surface area (TPSA) is 119 Å². The Morgan fingerprint density at radius 1 is 1.21 bits per heavy atom. The quantitative estimate of drug-likeness (QED) is 0.688. The number of aryl methyl sites for hydroxylation is 2. The summed E-state index contributed by atoms with van der Waals surface area (Å²) in [4.78, 5) is 43.8. The van der Waals surface area contributed by atoms with Crippen LogP contribution in [0.2, 0.25) is 0 Å². The maximum absolute atomic E-state index is 12.4. The second-order valence-corrected chi connectivity index (χ2v) is 7.38. The van der Waals surface area contributed by atoms with Gasteiger partial charge in [-0.3, -0.25) is 14.3 Å². The number of fused-ring (bicyclic) bond motifs is 1. The van der Waals surface area contributed by atoms with Gasteiger partial charge in [-0.25, -0.2) is 14.6 Å². The van der Waals surface area contributed by atoms with E-state index in [1.165, 1.54) is 4.57 Å². The monoisotopic (exact) mass is 392 g/mol. The second kappa shape index (κ2) is 8.30. The van der Waals surface area contributed by atoms with Crippen LogP contribution in [0.3, 0.4) is 0 Å². The number of aromatic amines is 1. The van der Waals surface area contributed by atoms with Crippen LogP contribution in [0.25, 0.3) is 11.2 Å². The first-order valence-electron chi connectivity index (χ1n) is 10.0. The van der Waals surface area contributed by atoms with Gasteiger partial charge in [-0.2, -0.15) is 0 Å². The fraction of sp³-hybridized carbons (Fsp3) is 0.684. The van der Waals surface area contributed by atoms with E-state index in [-0.39, 0.29) is 6.61 Å². The molecule has 1 fully saturated rings. The van der Waals surface area contributed by atoms with E-state index >= 15 is 0 Å². The van der Waals surface area contributed by atoms with E-state index < -0.39 is 22.8 Å². The number of rotatable bonds is 7. The number of unbranched alkanes of at least 4 members (excludes halogenated alkanes) is 1. The van der Waals surface area contributed by atoms with Gasteiger partial charge in [-0.1, -0.05) is 19.8 Å². The molecule has 9 heteroatoms. The van der Waals surface area contributed by atoms with Crippen molar-refractivity contribution in [3.63, 3.8) is 0 Å². The average Bonchev–Trinajstić information content (AvgIpc) is 3.05. The third kappa shape index (κ3) is 3.76. The van der Waals surface area contributed by atoms with Gasteiger partial charge in [0.15, 0.2) is 16.8 Å². The van der Waals surface area contributed by atoms with Crippen LogP contribution in [0, 0.1) is 0 Å². The van der Waals surface area contributed by atoms with E-state index in [1.54, 1.807) is 4.57 Å². The van der Waals surface area contributed by atoms with Crippen LogP contribution in [-0.2, 0) is 29.2 Å². The third-order valence-electron chi connectivity index (χ3n) is 5.41. The van der Waals surface area contributed by atoms with Crippen molar-refractivity contribution in [3.05, 3.63) is 26.7 Å². The Balaban J connectivity index is 1.93. The van der Waals surface area contributed by atoms with Crippen LogP contribution < -0.4 is 11.2 Å². The smallest absolute Gasteiger partial charge is 0.338 e. The van der Waals surface area contributed by atoms with Crippen molar-refractivity contribution in [3.8, 4) is 0 Å². The van der Waals surface area contributed by atoms with Crippen molar-refractivity contribution >= 4 is 17.1 Å². The summed E-state index contributed by atoms with van der Waals surface area (Å²) in [6, 6.07) is 0. The molecule has 0 saturated heterocycles. The van der Waals surface area contributed by atoms with Gasteiger partial charge in [-0.05, 0) is 39.0 Å². The predicted molar refractivity (Wildman–Crippen MR) is 103 cm³/mol. The van der Waals surface area contributed by atoms with Crippen LogP contribution in [0.4, 0.5) is 0 Å². The van der Waals surface area contributed by atoms with Gasteiger partial charge in [0, 0.05) is 13.1 Å². The Labute approximate surface area is 162 Å². The Morgan fingerprint density at radius 3 is 2.57 bits per heavy atom. The fourth-order valence-corrected chi connectivity index (χ4v) is 3.80. The highest BCUT2D eigenvalue weighted by Gasteiger charge is 2.38. The van der Waals surface area contributed by atoms with Gasteiger partial charge in [0.25, 0.3) is 5.56 Å². The highest BCUT2D eigenvalue weighted by molar-refractivity contribution is 5.79. The highest BCUT2D eigenvalue weighted by Crippen LogP contribution is 2.29. The van der Waals surface area contributed by atoms with Crippen LogP contribution in [0.15, 0.2) is 9.59 Å². The van der Waals surface area contributed by atoms with Crippen molar-refractivity contribution in [2.45, 2.75) is 84.1 Å². The molecule has 1 aliphatic carbocycles. The van der Waals surface area contributed by atoms with E-state index in [9.17, 15) is 19.5 Å². The summed E-state index contributed by atoms with van der Waals surface area (Å²) in [6.07, 6.45) is 5.04. The first-order valence-corrected chi connectivity index (χ1v) is 10.0. The number of imidazole rings is 1. The minimum absolute atomic E-state index is 0.162. The number of hydrogen-bond donors (Lipinski definition) is 2. The SMILES string of the molecule is CCCCn1c(=O)[nH]c(=O)c2c1nc(COC(=O)C1(O)CCCCC1)n2CC. The number of esters is 1. The standard InChI is InChI=1S/C19H28N4O5/c1-3-5-11-23-15-14(16(24)21-18(23)26)22(4-2)13(20-15)12-28-17(25)19(27)9-7-6-8-10-19/h27H,3-12H2,1-2H3,(H,21,24,26). The number of hydrogen-bond acceptors (Lipinski definition) is 6. The van der Waals surface area contributed by atoms with Gasteiger partial charge in [0.1, 0.15) is 12.4 Å². The molecule has 9 nitrogen and oxygen atoms in total. The number of aromatic nitrogens is 4. The molecule has 0 bridgehead atoms. The second-order valence-electron chi connectivity index (χ2n) is 7.38. The molecule has 1 saturated carbocycles. The highest BCUT2D eigenvalue weighted by atomic mass is 16.5. The predicted octanol–water partition coefficient (Wildman–Crippen LogP) is 1.44. The number of carbonyl (C=O) groups excluding carboxylic acids is 1.